The van der Waals surface area contributed by atoms with Crippen molar-refractivity contribution >= 4 is 16.7 Å². The number of hydrogen-bond acceptors (Lipinski definition) is 3. The highest BCUT2D eigenvalue weighted by Crippen LogP contribution is 2.26. The third kappa shape index (κ3) is 1.76. The summed E-state index contributed by atoms with van der Waals surface area (Å²) < 4.78 is 14.9. The fraction of sp³-hybridized carbons (Fsp3) is 0.417. The van der Waals surface area contributed by atoms with Crippen LogP contribution in [0.4, 0.5) is 10.2 Å². The fourth-order valence-corrected chi connectivity index (χ4v) is 2.32. The summed E-state index contributed by atoms with van der Waals surface area (Å²) in [4.78, 5) is 2.25. The molecule has 1 aromatic carbocycles. The summed E-state index contributed by atoms with van der Waals surface area (Å²) in [6, 6.07) is 4.85. The van der Waals surface area contributed by atoms with Gasteiger partial charge in [-0.05, 0) is 18.2 Å². The lowest BCUT2D eigenvalue weighted by atomic mass is 10.2. The van der Waals surface area contributed by atoms with E-state index in [-0.39, 0.29) is 5.82 Å². The van der Waals surface area contributed by atoms with E-state index < -0.39 is 0 Å². The number of hydrogen-bond donors (Lipinski definition) is 1. The van der Waals surface area contributed by atoms with Crippen LogP contribution in [0.15, 0.2) is 18.2 Å². The quantitative estimate of drug-likeness (QED) is 0.802. The number of fused-ring (bicyclic) bond motifs is 1. The third-order valence-electron chi connectivity index (χ3n) is 3.21. The van der Waals surface area contributed by atoms with Crippen LogP contribution in [0.25, 0.3) is 10.9 Å². The molecule has 0 saturated carbocycles. The minimum atomic E-state index is -0.215. The van der Waals surface area contributed by atoms with E-state index in [1.54, 1.807) is 4.68 Å². The number of rotatable bonds is 1. The van der Waals surface area contributed by atoms with Crippen molar-refractivity contribution in [2.45, 2.75) is 0 Å². The van der Waals surface area contributed by atoms with Crippen molar-refractivity contribution in [3.63, 3.8) is 0 Å². The smallest absolute Gasteiger partial charge is 0.158 e. The molecule has 1 aliphatic rings. The van der Waals surface area contributed by atoms with Gasteiger partial charge in [-0.15, -0.1) is 0 Å². The number of aryl methyl sites for hydroxylation is 1. The van der Waals surface area contributed by atoms with Gasteiger partial charge < -0.3 is 10.2 Å². The zero-order valence-corrected chi connectivity index (χ0v) is 9.78. The maximum atomic E-state index is 13.2. The number of aromatic nitrogens is 2. The molecule has 0 spiro atoms. The Bertz CT molecular complexity index is 543. The number of benzene rings is 1. The van der Waals surface area contributed by atoms with E-state index in [0.717, 1.165) is 42.9 Å². The topological polar surface area (TPSA) is 33.1 Å². The number of anilines is 1. The molecule has 90 valence electrons. The Kier molecular flexibility index (Phi) is 2.48. The van der Waals surface area contributed by atoms with E-state index in [1.165, 1.54) is 12.1 Å². The van der Waals surface area contributed by atoms with Crippen molar-refractivity contribution in [3.05, 3.63) is 24.0 Å². The monoisotopic (exact) mass is 234 g/mol. The lowest BCUT2D eigenvalue weighted by Gasteiger charge is -2.27. The molecule has 0 amide bonds. The summed E-state index contributed by atoms with van der Waals surface area (Å²) in [5, 5.41) is 8.84. The molecule has 0 bridgehead atoms. The number of halogens is 1. The molecule has 0 atom stereocenters. The Morgan fingerprint density at radius 1 is 1.29 bits per heavy atom. The average Bonchev–Trinajstić information content (AvgIpc) is 2.68. The van der Waals surface area contributed by atoms with Crippen LogP contribution >= 0.6 is 0 Å². The van der Waals surface area contributed by atoms with Gasteiger partial charge in [0, 0.05) is 38.6 Å². The van der Waals surface area contributed by atoms with Gasteiger partial charge in [0.25, 0.3) is 0 Å². The normalized spacial score (nSPS) is 16.7. The Morgan fingerprint density at radius 3 is 2.82 bits per heavy atom. The van der Waals surface area contributed by atoms with E-state index in [4.69, 9.17) is 0 Å². The Hall–Kier alpha value is -1.62. The molecule has 0 unspecified atom stereocenters. The predicted octanol–water partition coefficient (Wildman–Crippen LogP) is 1.12. The zero-order chi connectivity index (χ0) is 11.8. The van der Waals surface area contributed by atoms with Gasteiger partial charge in [-0.3, -0.25) is 4.68 Å². The van der Waals surface area contributed by atoms with Crippen molar-refractivity contribution in [1.82, 2.24) is 15.1 Å². The average molecular weight is 234 g/mol. The van der Waals surface area contributed by atoms with Crippen LogP contribution in [0.2, 0.25) is 0 Å². The maximum Gasteiger partial charge on any atom is 0.158 e. The molecule has 4 nitrogen and oxygen atoms in total. The summed E-state index contributed by atoms with van der Waals surface area (Å²) >= 11 is 0. The van der Waals surface area contributed by atoms with E-state index >= 15 is 0 Å². The number of nitrogens with zero attached hydrogens (tertiary/aromatic N) is 3. The first-order valence-electron chi connectivity index (χ1n) is 5.83. The van der Waals surface area contributed by atoms with Crippen molar-refractivity contribution in [3.8, 4) is 0 Å². The fourth-order valence-electron chi connectivity index (χ4n) is 2.32. The zero-order valence-electron chi connectivity index (χ0n) is 9.78. The van der Waals surface area contributed by atoms with E-state index in [9.17, 15) is 4.39 Å². The first kappa shape index (κ1) is 10.5. The summed E-state index contributed by atoms with van der Waals surface area (Å²) in [6.45, 7) is 3.84. The molecule has 17 heavy (non-hydrogen) atoms. The van der Waals surface area contributed by atoms with E-state index in [0.29, 0.717) is 0 Å². The van der Waals surface area contributed by atoms with E-state index in [1.807, 2.05) is 13.1 Å². The second kappa shape index (κ2) is 4.00. The second-order valence-electron chi connectivity index (χ2n) is 4.35. The Labute approximate surface area is 99.0 Å². The first-order valence-corrected chi connectivity index (χ1v) is 5.83. The Morgan fingerprint density at radius 2 is 2.06 bits per heavy atom. The lowest BCUT2D eigenvalue weighted by molar-refractivity contribution is 0.582. The Balaban J connectivity index is 2.10. The van der Waals surface area contributed by atoms with Crippen molar-refractivity contribution in [2.75, 3.05) is 31.1 Å². The summed E-state index contributed by atoms with van der Waals surface area (Å²) in [7, 11) is 1.85. The van der Waals surface area contributed by atoms with Crippen molar-refractivity contribution in [1.29, 1.82) is 0 Å². The molecule has 2 aromatic rings. The van der Waals surface area contributed by atoms with Gasteiger partial charge in [0.05, 0.1) is 5.52 Å². The highest BCUT2D eigenvalue weighted by atomic mass is 19.1. The molecule has 0 radical (unpaired) electrons. The van der Waals surface area contributed by atoms with Crippen molar-refractivity contribution < 1.29 is 4.39 Å². The molecule has 1 fully saturated rings. The molecule has 3 rings (SSSR count). The standard InChI is InChI=1S/C12H15FN4/c1-16-11-8-9(13)2-3-10(11)12(15-16)17-6-4-14-5-7-17/h2-3,8,14H,4-7H2,1H3. The molecule has 1 N–H and O–H groups in total. The largest absolute Gasteiger partial charge is 0.352 e. The number of nitrogens with one attached hydrogen (secondary N) is 1. The van der Waals surface area contributed by atoms with Crippen LogP contribution in [0.1, 0.15) is 0 Å². The molecule has 1 aliphatic heterocycles. The van der Waals surface area contributed by atoms with Gasteiger partial charge in [-0.25, -0.2) is 4.39 Å². The highest BCUT2D eigenvalue weighted by molar-refractivity contribution is 5.90. The van der Waals surface area contributed by atoms with Crippen LogP contribution in [0.3, 0.4) is 0 Å². The molecule has 2 heterocycles. The van der Waals surface area contributed by atoms with Crippen LogP contribution < -0.4 is 10.2 Å². The van der Waals surface area contributed by atoms with Gasteiger partial charge >= 0.3 is 0 Å². The first-order chi connectivity index (χ1) is 8.25. The number of piperazine rings is 1. The minimum Gasteiger partial charge on any atom is -0.352 e. The second-order valence-corrected chi connectivity index (χ2v) is 4.35. The van der Waals surface area contributed by atoms with E-state index in [2.05, 4.69) is 15.3 Å². The lowest BCUT2D eigenvalue weighted by Crippen LogP contribution is -2.43. The summed E-state index contributed by atoms with van der Waals surface area (Å²) in [5.41, 5.74) is 0.846. The van der Waals surface area contributed by atoms with Gasteiger partial charge in [0.2, 0.25) is 0 Å². The SMILES string of the molecule is Cn1nc(N2CCNCC2)c2ccc(F)cc21. The molecule has 1 saturated heterocycles. The molecular formula is C12H15FN4. The van der Waals surface area contributed by atoms with Gasteiger partial charge in [-0.1, -0.05) is 0 Å². The summed E-state index contributed by atoms with van der Waals surface area (Å²) in [6.07, 6.45) is 0. The molecule has 5 heteroatoms. The third-order valence-corrected chi connectivity index (χ3v) is 3.21. The van der Waals surface area contributed by atoms with Crippen LogP contribution in [-0.4, -0.2) is 36.0 Å². The summed E-state index contributed by atoms with van der Waals surface area (Å²) in [5.74, 6) is 0.747. The van der Waals surface area contributed by atoms with Crippen LogP contribution in [0.5, 0.6) is 0 Å². The maximum absolute atomic E-state index is 13.2. The van der Waals surface area contributed by atoms with Gasteiger partial charge in [0.1, 0.15) is 5.82 Å². The molecule has 1 aromatic heterocycles. The van der Waals surface area contributed by atoms with Crippen LogP contribution in [-0.2, 0) is 7.05 Å². The molecular weight excluding hydrogens is 219 g/mol. The molecule has 0 aliphatic carbocycles. The highest BCUT2D eigenvalue weighted by Gasteiger charge is 2.17. The predicted molar refractivity (Wildman–Crippen MR) is 65.8 cm³/mol. The van der Waals surface area contributed by atoms with Gasteiger partial charge in [0.15, 0.2) is 5.82 Å². The van der Waals surface area contributed by atoms with Crippen LogP contribution in [0, 0.1) is 5.82 Å². The minimum absolute atomic E-state index is 0.215. The van der Waals surface area contributed by atoms with Gasteiger partial charge in [-0.2, -0.15) is 5.10 Å². The van der Waals surface area contributed by atoms with Crippen molar-refractivity contribution in [2.24, 2.45) is 7.05 Å².